The van der Waals surface area contributed by atoms with Crippen LogP contribution >= 0.6 is 0 Å². The number of nitrogens with zero attached hydrogens (tertiary/aromatic N) is 3. The average Bonchev–Trinajstić information content (AvgIpc) is 3.02. The Morgan fingerprint density at radius 1 is 1.62 bits per heavy atom. The second kappa shape index (κ2) is 4.55. The lowest BCUT2D eigenvalue weighted by Gasteiger charge is -2.29. The van der Waals surface area contributed by atoms with Crippen LogP contribution in [0, 0.1) is 6.92 Å². The van der Waals surface area contributed by atoms with Crippen molar-refractivity contribution >= 4 is 0 Å². The van der Waals surface area contributed by atoms with Crippen molar-refractivity contribution in [2.45, 2.75) is 38.8 Å². The Morgan fingerprint density at radius 2 is 2.31 bits per heavy atom. The Morgan fingerprint density at radius 3 is 2.69 bits per heavy atom. The monoisotopic (exact) mass is 222 g/mol. The predicted molar refractivity (Wildman–Crippen MR) is 65.1 cm³/mol. The fraction of sp³-hybridized carbons (Fsp3) is 0.750. The van der Waals surface area contributed by atoms with Crippen LogP contribution < -0.4 is 5.73 Å². The van der Waals surface area contributed by atoms with Crippen LogP contribution in [0.1, 0.15) is 37.1 Å². The molecule has 0 aromatic carbocycles. The normalized spacial score (nSPS) is 18.1. The standard InChI is InChI=1S/C12H22N4/c1-4-16(10-5-6-10)12(7-13)11-8-15(3)14-9(11)2/h8,10,12H,4-7,13H2,1-3H3. The molecule has 1 aliphatic carbocycles. The van der Waals surface area contributed by atoms with Gasteiger partial charge in [-0.1, -0.05) is 6.92 Å². The van der Waals surface area contributed by atoms with Crippen LogP contribution in [-0.2, 0) is 7.05 Å². The first-order valence-corrected chi connectivity index (χ1v) is 6.13. The van der Waals surface area contributed by atoms with Gasteiger partial charge in [0.25, 0.3) is 0 Å². The Hall–Kier alpha value is -0.870. The molecule has 0 bridgehead atoms. The van der Waals surface area contributed by atoms with Gasteiger partial charge in [-0.05, 0) is 26.3 Å². The molecule has 1 aromatic rings. The van der Waals surface area contributed by atoms with Crippen molar-refractivity contribution in [1.82, 2.24) is 14.7 Å². The van der Waals surface area contributed by atoms with E-state index in [0.29, 0.717) is 12.6 Å². The maximum Gasteiger partial charge on any atom is 0.0641 e. The Balaban J connectivity index is 2.23. The van der Waals surface area contributed by atoms with E-state index in [1.807, 2.05) is 11.7 Å². The van der Waals surface area contributed by atoms with Crippen LogP contribution in [0.4, 0.5) is 0 Å². The summed E-state index contributed by atoms with van der Waals surface area (Å²) in [6, 6.07) is 1.09. The van der Waals surface area contributed by atoms with Gasteiger partial charge in [0.1, 0.15) is 0 Å². The smallest absolute Gasteiger partial charge is 0.0641 e. The van der Waals surface area contributed by atoms with Gasteiger partial charge < -0.3 is 5.73 Å². The molecule has 1 unspecified atom stereocenters. The maximum absolute atomic E-state index is 5.95. The molecule has 1 heterocycles. The molecule has 16 heavy (non-hydrogen) atoms. The second-order valence-corrected chi connectivity index (χ2v) is 4.66. The van der Waals surface area contributed by atoms with Gasteiger partial charge in [0.2, 0.25) is 0 Å². The Bertz CT molecular complexity index is 354. The summed E-state index contributed by atoms with van der Waals surface area (Å²) in [7, 11) is 1.97. The van der Waals surface area contributed by atoms with Crippen molar-refractivity contribution in [3.05, 3.63) is 17.5 Å². The molecule has 2 rings (SSSR count). The molecule has 4 heteroatoms. The molecule has 2 N–H and O–H groups in total. The van der Waals surface area contributed by atoms with Gasteiger partial charge in [0.15, 0.2) is 0 Å². The van der Waals surface area contributed by atoms with Crippen molar-refractivity contribution in [1.29, 1.82) is 0 Å². The Labute approximate surface area is 97.4 Å². The summed E-state index contributed by atoms with van der Waals surface area (Å²) >= 11 is 0. The molecule has 1 aromatic heterocycles. The molecule has 1 fully saturated rings. The first-order valence-electron chi connectivity index (χ1n) is 6.13. The van der Waals surface area contributed by atoms with Gasteiger partial charge in [0, 0.05) is 31.4 Å². The molecule has 4 nitrogen and oxygen atoms in total. The van der Waals surface area contributed by atoms with Crippen LogP contribution in [-0.4, -0.2) is 33.8 Å². The fourth-order valence-corrected chi connectivity index (χ4v) is 2.53. The van der Waals surface area contributed by atoms with Gasteiger partial charge in [-0.15, -0.1) is 0 Å². The SMILES string of the molecule is CCN(C1CC1)C(CN)c1cn(C)nc1C. The molecule has 0 saturated heterocycles. The molecule has 0 radical (unpaired) electrons. The summed E-state index contributed by atoms with van der Waals surface area (Å²) in [5.74, 6) is 0. The number of rotatable bonds is 5. The molecular weight excluding hydrogens is 200 g/mol. The van der Waals surface area contributed by atoms with Gasteiger partial charge in [-0.2, -0.15) is 5.10 Å². The Kier molecular flexibility index (Phi) is 3.30. The number of nitrogens with two attached hydrogens (primary N) is 1. The van der Waals surface area contributed by atoms with E-state index in [1.54, 1.807) is 0 Å². The van der Waals surface area contributed by atoms with E-state index < -0.39 is 0 Å². The zero-order valence-corrected chi connectivity index (χ0v) is 10.5. The summed E-state index contributed by atoms with van der Waals surface area (Å²) in [5.41, 5.74) is 8.35. The third-order valence-electron chi connectivity index (χ3n) is 3.42. The van der Waals surface area contributed by atoms with Crippen LogP contribution in [0.5, 0.6) is 0 Å². The maximum atomic E-state index is 5.95. The lowest BCUT2D eigenvalue weighted by molar-refractivity contribution is 0.201. The summed E-state index contributed by atoms with van der Waals surface area (Å²) in [6.45, 7) is 6.03. The summed E-state index contributed by atoms with van der Waals surface area (Å²) in [5, 5.41) is 4.41. The molecule has 90 valence electrons. The molecule has 1 saturated carbocycles. The number of likely N-dealkylation sites (N-methyl/N-ethyl adjacent to an activating group) is 1. The quantitative estimate of drug-likeness (QED) is 0.814. The van der Waals surface area contributed by atoms with Crippen molar-refractivity contribution in [3.63, 3.8) is 0 Å². The van der Waals surface area contributed by atoms with E-state index in [0.717, 1.165) is 18.3 Å². The number of aromatic nitrogens is 2. The van der Waals surface area contributed by atoms with Crippen molar-refractivity contribution in [2.75, 3.05) is 13.1 Å². The molecule has 0 spiro atoms. The lowest BCUT2D eigenvalue weighted by Crippen LogP contribution is -2.35. The first kappa shape index (κ1) is 11.6. The second-order valence-electron chi connectivity index (χ2n) is 4.66. The minimum absolute atomic E-state index is 0.339. The number of hydrogen-bond acceptors (Lipinski definition) is 3. The van der Waals surface area contributed by atoms with Crippen molar-refractivity contribution < 1.29 is 0 Å². The lowest BCUT2D eigenvalue weighted by atomic mass is 10.1. The summed E-state index contributed by atoms with van der Waals surface area (Å²) in [6.07, 6.45) is 4.76. The average molecular weight is 222 g/mol. The highest BCUT2D eigenvalue weighted by Gasteiger charge is 2.33. The summed E-state index contributed by atoms with van der Waals surface area (Å²) in [4.78, 5) is 2.52. The van der Waals surface area contributed by atoms with E-state index in [1.165, 1.54) is 18.4 Å². The van der Waals surface area contributed by atoms with Gasteiger partial charge in [-0.3, -0.25) is 9.58 Å². The van der Waals surface area contributed by atoms with Gasteiger partial charge >= 0.3 is 0 Å². The van der Waals surface area contributed by atoms with Gasteiger partial charge in [-0.25, -0.2) is 0 Å². The van der Waals surface area contributed by atoms with E-state index >= 15 is 0 Å². The third kappa shape index (κ3) is 2.13. The zero-order valence-electron chi connectivity index (χ0n) is 10.5. The highest BCUT2D eigenvalue weighted by Crippen LogP contribution is 2.34. The minimum atomic E-state index is 0.339. The van der Waals surface area contributed by atoms with E-state index in [4.69, 9.17) is 5.73 Å². The highest BCUT2D eigenvalue weighted by molar-refractivity contribution is 5.21. The van der Waals surface area contributed by atoms with E-state index in [9.17, 15) is 0 Å². The molecule has 0 amide bonds. The van der Waals surface area contributed by atoms with E-state index in [-0.39, 0.29) is 0 Å². The largest absolute Gasteiger partial charge is 0.329 e. The van der Waals surface area contributed by atoms with Gasteiger partial charge in [0.05, 0.1) is 11.7 Å². The van der Waals surface area contributed by atoms with Crippen LogP contribution in [0.2, 0.25) is 0 Å². The molecular formula is C12H22N4. The fourth-order valence-electron chi connectivity index (χ4n) is 2.53. The van der Waals surface area contributed by atoms with Crippen LogP contribution in [0.15, 0.2) is 6.20 Å². The molecule has 1 atom stereocenters. The first-order chi connectivity index (χ1) is 7.67. The highest BCUT2D eigenvalue weighted by atomic mass is 15.3. The predicted octanol–water partition coefficient (Wildman–Crippen LogP) is 1.21. The zero-order chi connectivity index (χ0) is 11.7. The topological polar surface area (TPSA) is 47.1 Å². The number of hydrogen-bond donors (Lipinski definition) is 1. The van der Waals surface area contributed by atoms with Crippen molar-refractivity contribution in [2.24, 2.45) is 12.8 Å². The van der Waals surface area contributed by atoms with E-state index in [2.05, 4.69) is 30.0 Å². The van der Waals surface area contributed by atoms with Crippen molar-refractivity contribution in [3.8, 4) is 0 Å². The minimum Gasteiger partial charge on any atom is -0.329 e. The van der Waals surface area contributed by atoms with Crippen LogP contribution in [0.25, 0.3) is 0 Å². The number of aryl methyl sites for hydroxylation is 2. The summed E-state index contributed by atoms with van der Waals surface area (Å²) < 4.78 is 1.88. The molecule has 1 aliphatic rings. The van der Waals surface area contributed by atoms with Crippen LogP contribution in [0.3, 0.4) is 0 Å². The third-order valence-corrected chi connectivity index (χ3v) is 3.42. The molecule has 0 aliphatic heterocycles.